The molecule has 2 atom stereocenters. The predicted molar refractivity (Wildman–Crippen MR) is 60.1 cm³/mol. The van der Waals surface area contributed by atoms with Crippen LogP contribution in [-0.4, -0.2) is 45.9 Å². The van der Waals surface area contributed by atoms with Gasteiger partial charge in [0.05, 0.1) is 12.7 Å². The second-order valence-corrected chi connectivity index (χ2v) is 6.17. The lowest BCUT2D eigenvalue weighted by Gasteiger charge is -2.49. The molecule has 0 aromatic heterocycles. The summed E-state index contributed by atoms with van der Waals surface area (Å²) in [5, 5.41) is 9.48. The van der Waals surface area contributed by atoms with Crippen molar-refractivity contribution < 1.29 is 18.3 Å². The third-order valence-corrected chi connectivity index (χ3v) is 4.29. The van der Waals surface area contributed by atoms with Crippen LogP contribution in [0.2, 0.25) is 0 Å². The quantitative estimate of drug-likeness (QED) is 0.541. The highest BCUT2D eigenvalue weighted by molar-refractivity contribution is 7.87. The van der Waals surface area contributed by atoms with E-state index in [1.165, 1.54) is 7.11 Å². The SMILES string of the molecule is COCCNS(=O)(=O)NC1CC(O)C1(C)C. The van der Waals surface area contributed by atoms with Gasteiger partial charge in [0.15, 0.2) is 0 Å². The van der Waals surface area contributed by atoms with Gasteiger partial charge in [-0.2, -0.15) is 17.9 Å². The average Bonchev–Trinajstić information content (AvgIpc) is 2.17. The molecule has 0 amide bonds. The van der Waals surface area contributed by atoms with Crippen LogP contribution in [0.3, 0.4) is 0 Å². The summed E-state index contributed by atoms with van der Waals surface area (Å²) in [7, 11) is -1.99. The van der Waals surface area contributed by atoms with Crippen molar-refractivity contribution in [3.63, 3.8) is 0 Å². The van der Waals surface area contributed by atoms with Gasteiger partial charge >= 0.3 is 0 Å². The highest BCUT2D eigenvalue weighted by Crippen LogP contribution is 2.40. The second kappa shape index (κ2) is 4.97. The fraction of sp³-hybridized carbons (Fsp3) is 1.00. The molecular weight excluding hydrogens is 232 g/mol. The van der Waals surface area contributed by atoms with Gasteiger partial charge < -0.3 is 9.84 Å². The molecule has 0 radical (unpaired) electrons. The first-order valence-electron chi connectivity index (χ1n) is 5.23. The van der Waals surface area contributed by atoms with Crippen molar-refractivity contribution in [3.05, 3.63) is 0 Å². The van der Waals surface area contributed by atoms with E-state index in [4.69, 9.17) is 4.74 Å². The third-order valence-electron chi connectivity index (χ3n) is 3.11. The number of aliphatic hydroxyl groups excluding tert-OH is 1. The molecule has 16 heavy (non-hydrogen) atoms. The first-order valence-corrected chi connectivity index (χ1v) is 6.72. The minimum Gasteiger partial charge on any atom is -0.392 e. The Labute approximate surface area is 96.6 Å². The zero-order valence-electron chi connectivity index (χ0n) is 9.86. The minimum atomic E-state index is -3.50. The Morgan fingerprint density at radius 3 is 2.56 bits per heavy atom. The second-order valence-electron chi connectivity index (χ2n) is 4.63. The molecule has 0 aromatic carbocycles. The number of aliphatic hydroxyl groups is 1. The van der Waals surface area contributed by atoms with E-state index < -0.39 is 21.7 Å². The Morgan fingerprint density at radius 2 is 2.12 bits per heavy atom. The topological polar surface area (TPSA) is 87.7 Å². The maximum absolute atomic E-state index is 11.5. The predicted octanol–water partition coefficient (Wildman–Crippen LogP) is -0.784. The molecule has 3 N–H and O–H groups in total. The first-order chi connectivity index (χ1) is 7.29. The zero-order chi connectivity index (χ0) is 12.4. The van der Waals surface area contributed by atoms with Crippen LogP contribution in [0.15, 0.2) is 0 Å². The van der Waals surface area contributed by atoms with E-state index >= 15 is 0 Å². The van der Waals surface area contributed by atoms with Crippen LogP contribution >= 0.6 is 0 Å². The molecule has 1 saturated carbocycles. The highest BCUT2D eigenvalue weighted by atomic mass is 32.2. The van der Waals surface area contributed by atoms with Crippen molar-refractivity contribution in [2.24, 2.45) is 5.41 Å². The van der Waals surface area contributed by atoms with Crippen LogP contribution < -0.4 is 9.44 Å². The highest BCUT2D eigenvalue weighted by Gasteiger charge is 2.48. The van der Waals surface area contributed by atoms with Gasteiger partial charge in [0, 0.05) is 25.1 Å². The lowest BCUT2D eigenvalue weighted by atomic mass is 9.65. The van der Waals surface area contributed by atoms with Gasteiger partial charge in [0.1, 0.15) is 0 Å². The molecule has 1 fully saturated rings. The molecule has 2 unspecified atom stereocenters. The molecule has 7 heteroatoms. The molecule has 0 spiro atoms. The lowest BCUT2D eigenvalue weighted by Crippen LogP contribution is -2.62. The minimum absolute atomic E-state index is 0.220. The van der Waals surface area contributed by atoms with Crippen LogP contribution in [-0.2, 0) is 14.9 Å². The Bertz CT molecular complexity index is 328. The lowest BCUT2D eigenvalue weighted by molar-refractivity contribution is -0.0646. The van der Waals surface area contributed by atoms with Crippen molar-refractivity contribution in [3.8, 4) is 0 Å². The molecule has 6 nitrogen and oxygen atoms in total. The Balaban J connectivity index is 2.42. The van der Waals surface area contributed by atoms with E-state index in [-0.39, 0.29) is 12.6 Å². The molecule has 96 valence electrons. The van der Waals surface area contributed by atoms with Gasteiger partial charge in [-0.1, -0.05) is 13.8 Å². The van der Waals surface area contributed by atoms with E-state index in [0.29, 0.717) is 13.0 Å². The number of rotatable bonds is 6. The number of methoxy groups -OCH3 is 1. The molecule has 0 heterocycles. The van der Waals surface area contributed by atoms with Crippen molar-refractivity contribution in [1.82, 2.24) is 9.44 Å². The van der Waals surface area contributed by atoms with Gasteiger partial charge in [-0.3, -0.25) is 0 Å². The van der Waals surface area contributed by atoms with Crippen LogP contribution in [0.5, 0.6) is 0 Å². The Kier molecular flexibility index (Phi) is 4.30. The van der Waals surface area contributed by atoms with Gasteiger partial charge in [0.2, 0.25) is 0 Å². The molecule has 1 rings (SSSR count). The van der Waals surface area contributed by atoms with E-state index in [2.05, 4.69) is 9.44 Å². The van der Waals surface area contributed by atoms with Gasteiger partial charge in [-0.05, 0) is 6.42 Å². The van der Waals surface area contributed by atoms with Crippen molar-refractivity contribution in [2.75, 3.05) is 20.3 Å². The molecule has 1 aliphatic rings. The fourth-order valence-electron chi connectivity index (χ4n) is 1.61. The largest absolute Gasteiger partial charge is 0.392 e. The summed E-state index contributed by atoms with van der Waals surface area (Å²) < 4.78 is 32.7. The van der Waals surface area contributed by atoms with Gasteiger partial charge in [0.25, 0.3) is 10.2 Å². The third kappa shape index (κ3) is 3.14. The standard InChI is InChI=1S/C9H20N2O4S/c1-9(2)7(6-8(9)12)11-16(13,14)10-4-5-15-3/h7-8,10-12H,4-6H2,1-3H3. The Morgan fingerprint density at radius 1 is 1.50 bits per heavy atom. The van der Waals surface area contributed by atoms with E-state index in [9.17, 15) is 13.5 Å². The average molecular weight is 252 g/mol. The molecular formula is C9H20N2O4S. The van der Waals surface area contributed by atoms with Gasteiger partial charge in [-0.15, -0.1) is 0 Å². The molecule has 0 bridgehead atoms. The molecule has 0 saturated heterocycles. The van der Waals surface area contributed by atoms with Crippen molar-refractivity contribution in [1.29, 1.82) is 0 Å². The number of hydrogen-bond donors (Lipinski definition) is 3. The molecule has 0 aliphatic heterocycles. The van der Waals surface area contributed by atoms with Gasteiger partial charge in [-0.25, -0.2) is 0 Å². The normalized spacial score (nSPS) is 28.8. The monoisotopic (exact) mass is 252 g/mol. The summed E-state index contributed by atoms with van der Waals surface area (Å²) >= 11 is 0. The van der Waals surface area contributed by atoms with Crippen LogP contribution in [0.4, 0.5) is 0 Å². The summed E-state index contributed by atoms with van der Waals surface area (Å²) in [5.41, 5.74) is -0.407. The smallest absolute Gasteiger partial charge is 0.277 e. The number of ether oxygens (including phenoxy) is 1. The summed E-state index contributed by atoms with van der Waals surface area (Å²) in [6.45, 7) is 4.24. The van der Waals surface area contributed by atoms with E-state index in [1.54, 1.807) is 0 Å². The maximum Gasteiger partial charge on any atom is 0.277 e. The summed E-state index contributed by atoms with van der Waals surface area (Å²) in [6.07, 6.45) is 0.0113. The Hall–Kier alpha value is -0.210. The summed E-state index contributed by atoms with van der Waals surface area (Å²) in [5.74, 6) is 0. The van der Waals surface area contributed by atoms with Crippen molar-refractivity contribution >= 4 is 10.2 Å². The van der Waals surface area contributed by atoms with E-state index in [1.807, 2.05) is 13.8 Å². The number of nitrogens with one attached hydrogen (secondary N) is 2. The van der Waals surface area contributed by atoms with Crippen LogP contribution in [0, 0.1) is 5.41 Å². The molecule has 1 aliphatic carbocycles. The van der Waals surface area contributed by atoms with Crippen molar-refractivity contribution in [2.45, 2.75) is 32.4 Å². The zero-order valence-corrected chi connectivity index (χ0v) is 10.7. The number of hydrogen-bond acceptors (Lipinski definition) is 4. The summed E-state index contributed by atoms with van der Waals surface area (Å²) in [4.78, 5) is 0. The van der Waals surface area contributed by atoms with Crippen LogP contribution in [0.25, 0.3) is 0 Å². The fourth-order valence-corrected chi connectivity index (χ4v) is 2.82. The summed E-state index contributed by atoms with van der Waals surface area (Å²) in [6, 6.07) is -0.220. The maximum atomic E-state index is 11.5. The van der Waals surface area contributed by atoms with E-state index in [0.717, 1.165) is 0 Å². The molecule has 0 aromatic rings. The van der Waals surface area contributed by atoms with Crippen LogP contribution in [0.1, 0.15) is 20.3 Å². The first kappa shape index (κ1) is 13.9.